The SMILES string of the molecule is CC(=O)NC1CCN(C(c2ccc(C)s2)C(C)N)CC1. The molecule has 1 aliphatic rings. The molecule has 2 unspecified atom stereocenters. The summed E-state index contributed by atoms with van der Waals surface area (Å²) in [5.74, 6) is 0.0704. The van der Waals surface area contributed by atoms with E-state index in [0.29, 0.717) is 12.1 Å². The number of hydrogen-bond acceptors (Lipinski definition) is 4. The standard InChI is InChI=1S/C15H25N3OS/c1-10-4-5-14(20-10)15(11(2)16)18-8-6-13(7-9-18)17-12(3)19/h4-5,11,13,15H,6-9,16H2,1-3H3,(H,17,19). The number of nitrogens with zero attached hydrogens (tertiary/aromatic N) is 1. The summed E-state index contributed by atoms with van der Waals surface area (Å²) < 4.78 is 0. The molecule has 1 aromatic rings. The quantitative estimate of drug-likeness (QED) is 0.894. The number of carbonyl (C=O) groups is 1. The highest BCUT2D eigenvalue weighted by atomic mass is 32.1. The number of carbonyl (C=O) groups excluding carboxylic acids is 1. The molecular formula is C15H25N3OS. The Balaban J connectivity index is 2.00. The fraction of sp³-hybridized carbons (Fsp3) is 0.667. The minimum Gasteiger partial charge on any atom is -0.354 e. The lowest BCUT2D eigenvalue weighted by molar-refractivity contribution is -0.120. The van der Waals surface area contributed by atoms with Gasteiger partial charge >= 0.3 is 0 Å². The minimum absolute atomic E-state index is 0.0704. The van der Waals surface area contributed by atoms with E-state index in [-0.39, 0.29) is 11.9 Å². The van der Waals surface area contributed by atoms with E-state index in [0.717, 1.165) is 25.9 Å². The predicted molar refractivity (Wildman–Crippen MR) is 83.9 cm³/mol. The van der Waals surface area contributed by atoms with Crippen LogP contribution in [0.5, 0.6) is 0 Å². The van der Waals surface area contributed by atoms with Crippen LogP contribution in [-0.2, 0) is 4.79 Å². The van der Waals surface area contributed by atoms with Gasteiger partial charge in [-0.25, -0.2) is 0 Å². The lowest BCUT2D eigenvalue weighted by atomic mass is 9.99. The molecule has 2 atom stereocenters. The number of thiophene rings is 1. The van der Waals surface area contributed by atoms with E-state index in [9.17, 15) is 4.79 Å². The highest BCUT2D eigenvalue weighted by Crippen LogP contribution is 2.31. The molecule has 3 N–H and O–H groups in total. The Morgan fingerprint density at radius 3 is 2.55 bits per heavy atom. The van der Waals surface area contributed by atoms with Crippen molar-refractivity contribution in [3.63, 3.8) is 0 Å². The summed E-state index contributed by atoms with van der Waals surface area (Å²) in [6, 6.07) is 5.10. The summed E-state index contributed by atoms with van der Waals surface area (Å²) >= 11 is 1.84. The van der Waals surface area contributed by atoms with E-state index >= 15 is 0 Å². The monoisotopic (exact) mass is 295 g/mol. The highest BCUT2D eigenvalue weighted by molar-refractivity contribution is 7.12. The Kier molecular flexibility index (Phi) is 5.18. The van der Waals surface area contributed by atoms with Gasteiger partial charge in [-0.3, -0.25) is 9.69 Å². The molecule has 1 amide bonds. The third-order valence-corrected chi connectivity index (χ3v) is 4.95. The molecule has 0 radical (unpaired) electrons. The summed E-state index contributed by atoms with van der Waals surface area (Å²) in [6.45, 7) is 7.79. The summed E-state index contributed by atoms with van der Waals surface area (Å²) in [5, 5.41) is 3.02. The van der Waals surface area contributed by atoms with Crippen LogP contribution in [0, 0.1) is 6.92 Å². The summed E-state index contributed by atoms with van der Waals surface area (Å²) in [5.41, 5.74) is 6.22. The van der Waals surface area contributed by atoms with Crippen LogP contribution in [0.4, 0.5) is 0 Å². The maximum atomic E-state index is 11.1. The van der Waals surface area contributed by atoms with Gasteiger partial charge in [-0.1, -0.05) is 0 Å². The van der Waals surface area contributed by atoms with Gasteiger partial charge in [-0.15, -0.1) is 11.3 Å². The predicted octanol–water partition coefficient (Wildman–Crippen LogP) is 2.05. The minimum atomic E-state index is 0.0704. The Labute approximate surface area is 125 Å². The molecule has 4 nitrogen and oxygen atoms in total. The second kappa shape index (κ2) is 6.70. The number of aryl methyl sites for hydroxylation is 1. The Morgan fingerprint density at radius 2 is 2.10 bits per heavy atom. The van der Waals surface area contributed by atoms with Crippen LogP contribution in [0.25, 0.3) is 0 Å². The summed E-state index contributed by atoms with van der Waals surface area (Å²) in [4.78, 5) is 16.3. The second-order valence-electron chi connectivity index (χ2n) is 5.76. The van der Waals surface area contributed by atoms with Gasteiger partial charge in [0.15, 0.2) is 0 Å². The first-order valence-corrected chi connectivity index (χ1v) is 8.12. The number of likely N-dealkylation sites (tertiary alicyclic amines) is 1. The molecule has 1 aromatic heterocycles. The van der Waals surface area contributed by atoms with Crippen LogP contribution in [0.3, 0.4) is 0 Å². The molecule has 0 bridgehead atoms. The van der Waals surface area contributed by atoms with Crippen molar-refractivity contribution in [3.05, 3.63) is 21.9 Å². The molecule has 112 valence electrons. The molecule has 0 aliphatic carbocycles. The van der Waals surface area contributed by atoms with Crippen molar-refractivity contribution < 1.29 is 4.79 Å². The van der Waals surface area contributed by atoms with Crippen molar-refractivity contribution >= 4 is 17.2 Å². The number of nitrogens with two attached hydrogens (primary N) is 1. The molecule has 2 rings (SSSR count). The second-order valence-corrected chi connectivity index (χ2v) is 7.08. The molecule has 20 heavy (non-hydrogen) atoms. The van der Waals surface area contributed by atoms with Gasteiger partial charge < -0.3 is 11.1 Å². The van der Waals surface area contributed by atoms with Crippen molar-refractivity contribution in [1.82, 2.24) is 10.2 Å². The average Bonchev–Trinajstić information content (AvgIpc) is 2.77. The van der Waals surface area contributed by atoms with Gasteiger partial charge in [0.05, 0.1) is 6.04 Å². The van der Waals surface area contributed by atoms with E-state index in [1.165, 1.54) is 9.75 Å². The first-order valence-electron chi connectivity index (χ1n) is 7.30. The van der Waals surface area contributed by atoms with E-state index in [1.54, 1.807) is 6.92 Å². The Bertz CT molecular complexity index is 450. The lowest BCUT2D eigenvalue weighted by Crippen LogP contribution is -2.48. The summed E-state index contributed by atoms with van der Waals surface area (Å²) in [6.07, 6.45) is 2.01. The lowest BCUT2D eigenvalue weighted by Gasteiger charge is -2.39. The normalized spacial score (nSPS) is 20.6. The van der Waals surface area contributed by atoms with Crippen LogP contribution in [0.1, 0.15) is 42.5 Å². The van der Waals surface area contributed by atoms with Crippen LogP contribution in [0.15, 0.2) is 12.1 Å². The highest BCUT2D eigenvalue weighted by Gasteiger charge is 2.29. The van der Waals surface area contributed by atoms with Crippen LogP contribution in [0.2, 0.25) is 0 Å². The molecule has 1 fully saturated rings. The molecule has 2 heterocycles. The largest absolute Gasteiger partial charge is 0.354 e. The fourth-order valence-corrected chi connectivity index (χ4v) is 4.12. The van der Waals surface area contributed by atoms with Crippen molar-refractivity contribution in [2.24, 2.45) is 5.73 Å². The van der Waals surface area contributed by atoms with Crippen LogP contribution < -0.4 is 11.1 Å². The van der Waals surface area contributed by atoms with Gasteiger partial charge in [0.1, 0.15) is 0 Å². The molecule has 5 heteroatoms. The van der Waals surface area contributed by atoms with Gasteiger partial charge in [-0.05, 0) is 38.8 Å². The van der Waals surface area contributed by atoms with E-state index in [1.807, 2.05) is 11.3 Å². The van der Waals surface area contributed by atoms with Crippen molar-refractivity contribution in [2.45, 2.75) is 51.7 Å². The number of rotatable bonds is 4. The Morgan fingerprint density at radius 1 is 1.45 bits per heavy atom. The third-order valence-electron chi connectivity index (χ3n) is 3.88. The van der Waals surface area contributed by atoms with Crippen molar-refractivity contribution in [3.8, 4) is 0 Å². The van der Waals surface area contributed by atoms with Crippen LogP contribution in [-0.4, -0.2) is 36.0 Å². The zero-order chi connectivity index (χ0) is 14.7. The average molecular weight is 295 g/mol. The summed E-state index contributed by atoms with van der Waals surface area (Å²) in [7, 11) is 0. The Hall–Kier alpha value is -0.910. The first-order chi connectivity index (χ1) is 9.47. The molecule has 0 saturated carbocycles. The van der Waals surface area contributed by atoms with Crippen LogP contribution >= 0.6 is 11.3 Å². The van der Waals surface area contributed by atoms with Gasteiger partial charge in [0, 0.05) is 41.9 Å². The van der Waals surface area contributed by atoms with E-state index in [2.05, 4.69) is 36.2 Å². The van der Waals surface area contributed by atoms with Gasteiger partial charge in [0.2, 0.25) is 5.91 Å². The molecule has 1 aliphatic heterocycles. The topological polar surface area (TPSA) is 58.4 Å². The fourth-order valence-electron chi connectivity index (χ4n) is 2.99. The van der Waals surface area contributed by atoms with E-state index < -0.39 is 0 Å². The molecule has 0 spiro atoms. The third kappa shape index (κ3) is 3.81. The molecular weight excluding hydrogens is 270 g/mol. The number of piperidine rings is 1. The van der Waals surface area contributed by atoms with E-state index in [4.69, 9.17) is 5.73 Å². The maximum Gasteiger partial charge on any atom is 0.217 e. The number of nitrogens with one attached hydrogen (secondary N) is 1. The van der Waals surface area contributed by atoms with Crippen molar-refractivity contribution in [2.75, 3.05) is 13.1 Å². The maximum absolute atomic E-state index is 11.1. The number of amides is 1. The van der Waals surface area contributed by atoms with Gasteiger partial charge in [-0.2, -0.15) is 0 Å². The smallest absolute Gasteiger partial charge is 0.217 e. The number of hydrogen-bond donors (Lipinski definition) is 2. The zero-order valence-corrected chi connectivity index (χ0v) is 13.4. The first kappa shape index (κ1) is 15.5. The molecule has 0 aromatic carbocycles. The molecule has 1 saturated heterocycles. The zero-order valence-electron chi connectivity index (χ0n) is 12.6. The van der Waals surface area contributed by atoms with Gasteiger partial charge in [0.25, 0.3) is 0 Å². The van der Waals surface area contributed by atoms with Crippen molar-refractivity contribution in [1.29, 1.82) is 0 Å².